The van der Waals surface area contributed by atoms with E-state index in [1.165, 1.54) is 22.2 Å². The van der Waals surface area contributed by atoms with Crippen molar-refractivity contribution in [1.82, 2.24) is 9.55 Å². The van der Waals surface area contributed by atoms with Gasteiger partial charge < -0.3 is 10.3 Å². The van der Waals surface area contributed by atoms with Crippen molar-refractivity contribution in [3.05, 3.63) is 58.9 Å². The van der Waals surface area contributed by atoms with E-state index in [9.17, 15) is 0 Å². The largest absolute Gasteiger partial charge is 0.399 e. The Morgan fingerprint density at radius 3 is 2.41 bits per heavy atom. The molecule has 1 heterocycles. The van der Waals surface area contributed by atoms with E-state index in [0.29, 0.717) is 0 Å². The quantitative estimate of drug-likeness (QED) is 0.731. The van der Waals surface area contributed by atoms with Gasteiger partial charge >= 0.3 is 0 Å². The van der Waals surface area contributed by atoms with E-state index in [2.05, 4.69) is 49.6 Å². The molecule has 0 saturated carbocycles. The summed E-state index contributed by atoms with van der Waals surface area (Å²) in [6.45, 7) is 7.52. The van der Waals surface area contributed by atoms with E-state index in [-0.39, 0.29) is 0 Å². The molecule has 2 aromatic carbocycles. The molecule has 0 amide bonds. The topological polar surface area (TPSA) is 43.8 Å². The molecule has 3 rings (SSSR count). The molecular weight excluding hydrogens is 270 g/mol. The summed E-state index contributed by atoms with van der Waals surface area (Å²) in [6.07, 6.45) is 1.94. The standard InChI is InChI=1S/C19H23N3/c1-4-9-22-18-11-14(3)13(2)10-17(18)21-19(22)12-15-5-7-16(20)8-6-15/h5-8,10-11H,4,9,12,20H2,1-3H3. The molecule has 0 aliphatic heterocycles. The summed E-state index contributed by atoms with van der Waals surface area (Å²) in [6, 6.07) is 12.5. The highest BCUT2D eigenvalue weighted by molar-refractivity contribution is 5.78. The van der Waals surface area contributed by atoms with Crippen LogP contribution in [0.25, 0.3) is 11.0 Å². The fourth-order valence-electron chi connectivity index (χ4n) is 2.86. The zero-order valence-electron chi connectivity index (χ0n) is 13.6. The summed E-state index contributed by atoms with van der Waals surface area (Å²) < 4.78 is 2.36. The molecule has 0 aliphatic carbocycles. The third-order valence-electron chi connectivity index (χ3n) is 4.23. The Morgan fingerprint density at radius 1 is 1.05 bits per heavy atom. The number of nitrogens with two attached hydrogens (primary N) is 1. The van der Waals surface area contributed by atoms with Gasteiger partial charge in [-0.25, -0.2) is 4.98 Å². The van der Waals surface area contributed by atoms with Crippen LogP contribution in [-0.2, 0) is 13.0 Å². The fourth-order valence-corrected chi connectivity index (χ4v) is 2.86. The van der Waals surface area contributed by atoms with Gasteiger partial charge in [0.05, 0.1) is 11.0 Å². The number of hydrogen-bond acceptors (Lipinski definition) is 2. The maximum Gasteiger partial charge on any atom is 0.114 e. The number of fused-ring (bicyclic) bond motifs is 1. The van der Waals surface area contributed by atoms with E-state index >= 15 is 0 Å². The predicted molar refractivity (Wildman–Crippen MR) is 93.2 cm³/mol. The second kappa shape index (κ2) is 5.84. The van der Waals surface area contributed by atoms with Crippen molar-refractivity contribution in [2.75, 3.05) is 5.73 Å². The van der Waals surface area contributed by atoms with E-state index < -0.39 is 0 Å². The van der Waals surface area contributed by atoms with Crippen molar-refractivity contribution in [1.29, 1.82) is 0 Å². The molecule has 3 nitrogen and oxygen atoms in total. The molecule has 0 bridgehead atoms. The summed E-state index contributed by atoms with van der Waals surface area (Å²) in [5.74, 6) is 1.13. The Hall–Kier alpha value is -2.29. The molecule has 3 aromatic rings. The lowest BCUT2D eigenvalue weighted by Crippen LogP contribution is -2.04. The summed E-state index contributed by atoms with van der Waals surface area (Å²) in [4.78, 5) is 4.88. The van der Waals surface area contributed by atoms with Gasteiger partial charge in [-0.05, 0) is 61.2 Å². The minimum atomic E-state index is 0.803. The summed E-state index contributed by atoms with van der Waals surface area (Å²) in [5, 5.41) is 0. The van der Waals surface area contributed by atoms with Crippen LogP contribution in [0.3, 0.4) is 0 Å². The second-order valence-electron chi connectivity index (χ2n) is 6.02. The van der Waals surface area contributed by atoms with Gasteiger partial charge in [0.1, 0.15) is 5.82 Å². The van der Waals surface area contributed by atoms with Crippen LogP contribution in [0.4, 0.5) is 5.69 Å². The van der Waals surface area contributed by atoms with Gasteiger partial charge in [0, 0.05) is 18.7 Å². The van der Waals surface area contributed by atoms with E-state index in [4.69, 9.17) is 10.7 Å². The number of aromatic nitrogens is 2. The molecule has 2 N–H and O–H groups in total. The first-order chi connectivity index (χ1) is 10.6. The van der Waals surface area contributed by atoms with Crippen LogP contribution in [0.15, 0.2) is 36.4 Å². The number of imidazole rings is 1. The Labute approximate surface area is 131 Å². The molecule has 0 atom stereocenters. The van der Waals surface area contributed by atoms with Gasteiger partial charge in [-0.1, -0.05) is 19.1 Å². The van der Waals surface area contributed by atoms with Gasteiger partial charge in [0.15, 0.2) is 0 Å². The second-order valence-corrected chi connectivity index (χ2v) is 6.02. The minimum absolute atomic E-state index is 0.803. The van der Waals surface area contributed by atoms with Crippen molar-refractivity contribution in [2.45, 2.75) is 40.2 Å². The SMILES string of the molecule is CCCn1c(Cc2ccc(N)cc2)nc2cc(C)c(C)cc21. The minimum Gasteiger partial charge on any atom is -0.399 e. The fraction of sp³-hybridized carbons (Fsp3) is 0.316. The molecule has 0 saturated heterocycles. The molecule has 22 heavy (non-hydrogen) atoms. The lowest BCUT2D eigenvalue weighted by molar-refractivity contribution is 0.664. The monoisotopic (exact) mass is 293 g/mol. The third kappa shape index (κ3) is 2.71. The molecule has 0 unspecified atom stereocenters. The molecule has 0 spiro atoms. The maximum absolute atomic E-state index is 5.77. The number of hydrogen-bond donors (Lipinski definition) is 1. The number of aryl methyl sites for hydroxylation is 3. The molecule has 0 radical (unpaired) electrons. The van der Waals surface area contributed by atoms with Crippen LogP contribution in [0.1, 0.15) is 35.9 Å². The predicted octanol–water partition coefficient (Wildman–Crippen LogP) is 4.24. The van der Waals surface area contributed by atoms with Gasteiger partial charge in [-0.15, -0.1) is 0 Å². The van der Waals surface area contributed by atoms with Gasteiger partial charge in [0.2, 0.25) is 0 Å². The van der Waals surface area contributed by atoms with Crippen LogP contribution in [0, 0.1) is 13.8 Å². The van der Waals surface area contributed by atoms with Gasteiger partial charge in [-0.2, -0.15) is 0 Å². The van der Waals surface area contributed by atoms with E-state index in [1.54, 1.807) is 0 Å². The lowest BCUT2D eigenvalue weighted by atomic mass is 10.1. The van der Waals surface area contributed by atoms with Crippen LogP contribution < -0.4 is 5.73 Å². The normalized spacial score (nSPS) is 11.2. The van der Waals surface area contributed by atoms with Gasteiger partial charge in [-0.3, -0.25) is 0 Å². The first-order valence-corrected chi connectivity index (χ1v) is 7.89. The van der Waals surface area contributed by atoms with Crippen LogP contribution >= 0.6 is 0 Å². The van der Waals surface area contributed by atoms with Crippen molar-refractivity contribution in [2.24, 2.45) is 0 Å². The summed E-state index contributed by atoms with van der Waals surface area (Å²) >= 11 is 0. The number of nitrogens with zero attached hydrogens (tertiary/aromatic N) is 2. The first kappa shape index (κ1) is 14.6. The maximum atomic E-state index is 5.77. The smallest absolute Gasteiger partial charge is 0.114 e. The highest BCUT2D eigenvalue weighted by atomic mass is 15.1. The molecular formula is C19H23N3. The third-order valence-corrected chi connectivity index (χ3v) is 4.23. The number of nitrogen functional groups attached to an aromatic ring is 1. The van der Waals surface area contributed by atoms with Crippen molar-refractivity contribution in [3.63, 3.8) is 0 Å². The van der Waals surface area contributed by atoms with E-state index in [1.807, 2.05) is 12.1 Å². The molecule has 114 valence electrons. The zero-order chi connectivity index (χ0) is 15.7. The van der Waals surface area contributed by atoms with Crippen molar-refractivity contribution < 1.29 is 0 Å². The molecule has 3 heteroatoms. The van der Waals surface area contributed by atoms with Crippen molar-refractivity contribution >= 4 is 16.7 Å². The van der Waals surface area contributed by atoms with Crippen LogP contribution in [0.2, 0.25) is 0 Å². The van der Waals surface area contributed by atoms with Crippen LogP contribution in [0.5, 0.6) is 0 Å². The summed E-state index contributed by atoms with van der Waals surface area (Å²) in [5.41, 5.74) is 12.8. The van der Waals surface area contributed by atoms with Crippen LogP contribution in [-0.4, -0.2) is 9.55 Å². The molecule has 0 fully saturated rings. The number of benzene rings is 2. The molecule has 1 aromatic heterocycles. The average molecular weight is 293 g/mol. The highest BCUT2D eigenvalue weighted by Crippen LogP contribution is 2.23. The Morgan fingerprint density at radius 2 is 1.73 bits per heavy atom. The highest BCUT2D eigenvalue weighted by Gasteiger charge is 2.12. The summed E-state index contributed by atoms with van der Waals surface area (Å²) in [7, 11) is 0. The van der Waals surface area contributed by atoms with Gasteiger partial charge in [0.25, 0.3) is 0 Å². The average Bonchev–Trinajstić information content (AvgIpc) is 2.80. The number of rotatable bonds is 4. The number of anilines is 1. The molecule has 0 aliphatic rings. The Balaban J connectivity index is 2.07. The van der Waals surface area contributed by atoms with E-state index in [0.717, 1.165) is 36.4 Å². The van der Waals surface area contributed by atoms with Crippen molar-refractivity contribution in [3.8, 4) is 0 Å². The Kier molecular flexibility index (Phi) is 3.88. The first-order valence-electron chi connectivity index (χ1n) is 7.89. The Bertz CT molecular complexity index is 798. The lowest BCUT2D eigenvalue weighted by Gasteiger charge is -2.09. The zero-order valence-corrected chi connectivity index (χ0v) is 13.6.